The summed E-state index contributed by atoms with van der Waals surface area (Å²) in [4.78, 5) is 0. The fourth-order valence-electron chi connectivity index (χ4n) is 3.02. The van der Waals surface area contributed by atoms with E-state index in [2.05, 4.69) is 65.0 Å². The van der Waals surface area contributed by atoms with Crippen LogP contribution in [0.5, 0.6) is 0 Å². The monoisotopic (exact) mass is 291 g/mol. The Balaban J connectivity index is 2.67. The Bertz CT molecular complexity index is 727. The molecule has 0 spiro atoms. The molecule has 0 unspecified atom stereocenters. The summed E-state index contributed by atoms with van der Waals surface area (Å²) < 4.78 is 0. The Hall–Kier alpha value is -2.07. The van der Waals surface area contributed by atoms with Crippen LogP contribution in [-0.4, -0.2) is 0 Å². The fourth-order valence-corrected chi connectivity index (χ4v) is 3.02. The molecule has 2 rings (SSSR count). The van der Waals surface area contributed by atoms with E-state index >= 15 is 0 Å². The number of rotatable bonds is 2. The minimum atomic E-state index is -0.451. The minimum absolute atomic E-state index is 0.451. The summed E-state index contributed by atoms with van der Waals surface area (Å²) in [7, 11) is 0. The van der Waals surface area contributed by atoms with Gasteiger partial charge < -0.3 is 0 Å². The summed E-state index contributed by atoms with van der Waals surface area (Å²) in [6.45, 7) is 14.7. The standard InChI is InChI=1S/C21H25N/c1-13-8-18(9-14(2)17(13)5)20-15(3)10-19(11-16(20)4)21(6,7)12-22/h8-11H,1-7H3. The average molecular weight is 291 g/mol. The van der Waals surface area contributed by atoms with E-state index in [4.69, 9.17) is 0 Å². The Morgan fingerprint density at radius 1 is 0.773 bits per heavy atom. The maximum atomic E-state index is 9.37. The normalized spacial score (nSPS) is 11.4. The number of benzene rings is 2. The third-order valence-electron chi connectivity index (χ3n) is 4.75. The van der Waals surface area contributed by atoms with Gasteiger partial charge in [0.15, 0.2) is 0 Å². The van der Waals surface area contributed by atoms with Gasteiger partial charge in [0.2, 0.25) is 0 Å². The zero-order valence-corrected chi connectivity index (χ0v) is 14.8. The Morgan fingerprint density at radius 3 is 1.64 bits per heavy atom. The number of nitrogens with zero attached hydrogens (tertiary/aromatic N) is 1. The number of hydrogen-bond acceptors (Lipinski definition) is 1. The van der Waals surface area contributed by atoms with Crippen LogP contribution in [-0.2, 0) is 5.41 Å². The van der Waals surface area contributed by atoms with E-state index in [1.807, 2.05) is 13.8 Å². The molecular weight excluding hydrogens is 266 g/mol. The highest BCUT2D eigenvalue weighted by Gasteiger charge is 2.21. The molecule has 1 heteroatoms. The summed E-state index contributed by atoms with van der Waals surface area (Å²) in [6, 6.07) is 11.3. The number of nitriles is 1. The zero-order valence-electron chi connectivity index (χ0n) is 14.8. The topological polar surface area (TPSA) is 23.8 Å². The molecule has 0 N–H and O–H groups in total. The highest BCUT2D eigenvalue weighted by atomic mass is 14.3. The zero-order chi connectivity index (χ0) is 16.7. The van der Waals surface area contributed by atoms with Crippen molar-refractivity contribution in [3.8, 4) is 17.2 Å². The quantitative estimate of drug-likeness (QED) is 0.696. The van der Waals surface area contributed by atoms with E-state index in [0.717, 1.165) is 5.56 Å². The fraction of sp³-hybridized carbons (Fsp3) is 0.381. The lowest BCUT2D eigenvalue weighted by Crippen LogP contribution is -2.14. The highest BCUT2D eigenvalue weighted by Crippen LogP contribution is 2.34. The molecule has 2 aromatic carbocycles. The molecule has 0 bridgehead atoms. The average Bonchev–Trinajstić information content (AvgIpc) is 2.43. The molecule has 0 radical (unpaired) electrons. The van der Waals surface area contributed by atoms with E-state index in [1.54, 1.807) is 0 Å². The van der Waals surface area contributed by atoms with Crippen LogP contribution in [0.25, 0.3) is 11.1 Å². The van der Waals surface area contributed by atoms with Crippen LogP contribution in [0.3, 0.4) is 0 Å². The summed E-state index contributed by atoms with van der Waals surface area (Å²) in [5, 5.41) is 9.37. The summed E-state index contributed by atoms with van der Waals surface area (Å²) in [5.74, 6) is 0. The molecule has 114 valence electrons. The molecule has 0 fully saturated rings. The maximum absolute atomic E-state index is 9.37. The second-order valence-corrected chi connectivity index (χ2v) is 6.96. The summed E-state index contributed by atoms with van der Waals surface area (Å²) in [6.07, 6.45) is 0. The molecule has 0 aliphatic carbocycles. The Labute approximate surface area is 134 Å². The van der Waals surface area contributed by atoms with Gasteiger partial charge in [-0.25, -0.2) is 0 Å². The largest absolute Gasteiger partial charge is 0.197 e. The molecule has 0 aromatic heterocycles. The minimum Gasteiger partial charge on any atom is -0.197 e. The van der Waals surface area contributed by atoms with E-state index in [9.17, 15) is 5.26 Å². The predicted octanol–water partition coefficient (Wildman–Crippen LogP) is 5.70. The Morgan fingerprint density at radius 2 is 1.23 bits per heavy atom. The lowest BCUT2D eigenvalue weighted by molar-refractivity contribution is 0.685. The van der Waals surface area contributed by atoms with Gasteiger partial charge in [-0.15, -0.1) is 0 Å². The molecule has 22 heavy (non-hydrogen) atoms. The van der Waals surface area contributed by atoms with Gasteiger partial charge in [0.25, 0.3) is 0 Å². The van der Waals surface area contributed by atoms with E-state index < -0.39 is 5.41 Å². The van der Waals surface area contributed by atoms with Gasteiger partial charge in [-0.1, -0.05) is 24.3 Å². The van der Waals surface area contributed by atoms with Crippen molar-refractivity contribution in [2.75, 3.05) is 0 Å². The summed E-state index contributed by atoms with van der Waals surface area (Å²) in [5.41, 5.74) is 9.70. The smallest absolute Gasteiger partial charge is 0.0766 e. The van der Waals surface area contributed by atoms with Crippen molar-refractivity contribution >= 4 is 0 Å². The molecule has 0 aliphatic heterocycles. The maximum Gasteiger partial charge on any atom is 0.0766 e. The van der Waals surface area contributed by atoms with Crippen LogP contribution in [0, 0.1) is 45.9 Å². The van der Waals surface area contributed by atoms with Crippen LogP contribution in [0.1, 0.15) is 47.2 Å². The van der Waals surface area contributed by atoms with Gasteiger partial charge in [0.05, 0.1) is 11.5 Å². The number of hydrogen-bond donors (Lipinski definition) is 0. The first-order valence-corrected chi connectivity index (χ1v) is 7.78. The molecule has 0 saturated carbocycles. The molecule has 0 saturated heterocycles. The molecule has 0 aliphatic rings. The van der Waals surface area contributed by atoms with Crippen molar-refractivity contribution in [3.05, 3.63) is 57.6 Å². The second kappa shape index (κ2) is 5.61. The second-order valence-electron chi connectivity index (χ2n) is 6.96. The van der Waals surface area contributed by atoms with Crippen LogP contribution in [0.2, 0.25) is 0 Å². The van der Waals surface area contributed by atoms with Gasteiger partial charge in [-0.05, 0) is 93.0 Å². The van der Waals surface area contributed by atoms with E-state index in [-0.39, 0.29) is 0 Å². The first kappa shape index (κ1) is 16.3. The van der Waals surface area contributed by atoms with Crippen LogP contribution in [0.4, 0.5) is 0 Å². The van der Waals surface area contributed by atoms with Crippen LogP contribution < -0.4 is 0 Å². The van der Waals surface area contributed by atoms with Crippen molar-refractivity contribution in [2.24, 2.45) is 0 Å². The Kier molecular flexibility index (Phi) is 4.16. The van der Waals surface area contributed by atoms with Gasteiger partial charge in [0.1, 0.15) is 0 Å². The first-order valence-electron chi connectivity index (χ1n) is 7.78. The van der Waals surface area contributed by atoms with Crippen molar-refractivity contribution in [1.82, 2.24) is 0 Å². The SMILES string of the molecule is Cc1cc(-c2c(C)cc(C(C)(C)C#N)cc2C)cc(C)c1C. The molecular formula is C21H25N. The molecule has 0 amide bonds. The molecule has 0 atom stereocenters. The first-order chi connectivity index (χ1) is 10.2. The van der Waals surface area contributed by atoms with Gasteiger partial charge in [-0.3, -0.25) is 0 Å². The molecule has 1 nitrogen and oxygen atoms in total. The molecule has 2 aromatic rings. The lowest BCUT2D eigenvalue weighted by atomic mass is 9.82. The van der Waals surface area contributed by atoms with Crippen molar-refractivity contribution in [2.45, 2.75) is 53.9 Å². The van der Waals surface area contributed by atoms with E-state index in [0.29, 0.717) is 0 Å². The van der Waals surface area contributed by atoms with Gasteiger partial charge in [0, 0.05) is 0 Å². The highest BCUT2D eigenvalue weighted by molar-refractivity contribution is 5.73. The van der Waals surface area contributed by atoms with Crippen LogP contribution >= 0.6 is 0 Å². The van der Waals surface area contributed by atoms with Crippen molar-refractivity contribution < 1.29 is 0 Å². The van der Waals surface area contributed by atoms with Gasteiger partial charge >= 0.3 is 0 Å². The third kappa shape index (κ3) is 2.79. The van der Waals surface area contributed by atoms with E-state index in [1.165, 1.54) is 38.9 Å². The third-order valence-corrected chi connectivity index (χ3v) is 4.75. The number of aryl methyl sites for hydroxylation is 4. The predicted molar refractivity (Wildman–Crippen MR) is 94.2 cm³/mol. The van der Waals surface area contributed by atoms with Crippen molar-refractivity contribution in [3.63, 3.8) is 0 Å². The van der Waals surface area contributed by atoms with Crippen LogP contribution in [0.15, 0.2) is 24.3 Å². The molecule has 0 heterocycles. The summed E-state index contributed by atoms with van der Waals surface area (Å²) >= 11 is 0. The lowest BCUT2D eigenvalue weighted by Gasteiger charge is -2.21. The van der Waals surface area contributed by atoms with Gasteiger partial charge in [-0.2, -0.15) is 5.26 Å². The van der Waals surface area contributed by atoms with Crippen molar-refractivity contribution in [1.29, 1.82) is 5.26 Å².